The Labute approximate surface area is 201 Å². The minimum Gasteiger partial charge on any atom is -0.325 e. The Morgan fingerprint density at radius 1 is 0.909 bits per heavy atom. The predicted octanol–water partition coefficient (Wildman–Crippen LogP) is 6.51. The first-order valence-corrected chi connectivity index (χ1v) is 12.4. The first kappa shape index (κ1) is 23.0. The van der Waals surface area contributed by atoms with Crippen molar-refractivity contribution in [3.8, 4) is 0 Å². The summed E-state index contributed by atoms with van der Waals surface area (Å²) in [5.41, 5.74) is 7.42. The zero-order chi connectivity index (χ0) is 23.5. The zero-order valence-electron chi connectivity index (χ0n) is 19.0. The highest BCUT2D eigenvalue weighted by atomic mass is 32.2. The van der Waals surface area contributed by atoms with Crippen LogP contribution in [0, 0.1) is 27.7 Å². The van der Waals surface area contributed by atoms with E-state index < -0.39 is 0 Å². The molecule has 7 heteroatoms. The van der Waals surface area contributed by atoms with Gasteiger partial charge in [0.25, 0.3) is 5.91 Å². The van der Waals surface area contributed by atoms with Gasteiger partial charge in [0.15, 0.2) is 4.34 Å². The fourth-order valence-electron chi connectivity index (χ4n) is 3.71. The second-order valence-corrected chi connectivity index (χ2v) is 10.3. The number of amides is 2. The summed E-state index contributed by atoms with van der Waals surface area (Å²) < 4.78 is 1.78. The molecular weight excluding hydrogens is 450 g/mol. The second kappa shape index (κ2) is 9.77. The molecule has 0 radical (unpaired) electrons. The number of thioether (sulfide) groups is 1. The SMILES string of the molecule is Cc1cccc(C(=O)Nc2ccc3nc(SCC(=O)Nc4c(C)cc(C)cc4C)sc3c2)c1. The highest BCUT2D eigenvalue weighted by molar-refractivity contribution is 8.01. The lowest BCUT2D eigenvalue weighted by Crippen LogP contribution is -2.15. The van der Waals surface area contributed by atoms with E-state index in [1.807, 2.05) is 64.1 Å². The molecule has 0 aliphatic carbocycles. The zero-order valence-corrected chi connectivity index (χ0v) is 20.6. The van der Waals surface area contributed by atoms with Crippen molar-refractivity contribution in [1.82, 2.24) is 4.98 Å². The van der Waals surface area contributed by atoms with Gasteiger partial charge in [0.05, 0.1) is 16.0 Å². The first-order chi connectivity index (χ1) is 15.8. The molecule has 0 saturated heterocycles. The van der Waals surface area contributed by atoms with Crippen LogP contribution in [-0.4, -0.2) is 22.6 Å². The van der Waals surface area contributed by atoms with Crippen LogP contribution in [0.3, 0.4) is 0 Å². The number of anilines is 2. The Morgan fingerprint density at radius 3 is 2.39 bits per heavy atom. The Bertz CT molecular complexity index is 1340. The minimum atomic E-state index is -0.143. The molecule has 0 aliphatic heterocycles. The number of hydrogen-bond acceptors (Lipinski definition) is 5. The second-order valence-electron chi connectivity index (χ2n) is 8.10. The summed E-state index contributed by atoms with van der Waals surface area (Å²) in [5, 5.41) is 5.98. The number of aromatic nitrogens is 1. The van der Waals surface area contributed by atoms with Crippen molar-refractivity contribution < 1.29 is 9.59 Å². The molecule has 0 atom stereocenters. The maximum atomic E-state index is 12.5. The maximum Gasteiger partial charge on any atom is 0.255 e. The van der Waals surface area contributed by atoms with Crippen molar-refractivity contribution in [3.05, 3.63) is 82.4 Å². The van der Waals surface area contributed by atoms with Gasteiger partial charge in [-0.3, -0.25) is 9.59 Å². The summed E-state index contributed by atoms with van der Waals surface area (Å²) in [5.74, 6) is 0.0831. The van der Waals surface area contributed by atoms with Gasteiger partial charge in [0.2, 0.25) is 5.91 Å². The molecule has 0 fully saturated rings. The normalized spacial score (nSPS) is 10.9. The van der Waals surface area contributed by atoms with Gasteiger partial charge >= 0.3 is 0 Å². The number of rotatable bonds is 6. The van der Waals surface area contributed by atoms with Crippen molar-refractivity contribution in [1.29, 1.82) is 0 Å². The summed E-state index contributed by atoms with van der Waals surface area (Å²) >= 11 is 2.93. The molecule has 0 saturated carbocycles. The van der Waals surface area contributed by atoms with Crippen molar-refractivity contribution in [2.24, 2.45) is 0 Å². The number of nitrogens with one attached hydrogen (secondary N) is 2. The quantitative estimate of drug-likeness (QED) is 0.312. The van der Waals surface area contributed by atoms with Gasteiger partial charge in [-0.15, -0.1) is 11.3 Å². The Balaban J connectivity index is 1.40. The third-order valence-electron chi connectivity index (χ3n) is 5.18. The molecule has 5 nitrogen and oxygen atoms in total. The van der Waals surface area contributed by atoms with E-state index in [4.69, 9.17) is 0 Å². The molecule has 33 heavy (non-hydrogen) atoms. The van der Waals surface area contributed by atoms with Crippen LogP contribution in [0.2, 0.25) is 0 Å². The van der Waals surface area contributed by atoms with Crippen molar-refractivity contribution in [2.75, 3.05) is 16.4 Å². The molecule has 168 valence electrons. The Morgan fingerprint density at radius 2 is 1.67 bits per heavy atom. The van der Waals surface area contributed by atoms with E-state index >= 15 is 0 Å². The van der Waals surface area contributed by atoms with E-state index in [0.717, 1.165) is 42.6 Å². The molecule has 2 amide bonds. The number of carbonyl (C=O) groups excluding carboxylic acids is 2. The predicted molar refractivity (Wildman–Crippen MR) is 139 cm³/mol. The third-order valence-corrected chi connectivity index (χ3v) is 7.34. The van der Waals surface area contributed by atoms with Crippen LogP contribution in [0.1, 0.15) is 32.6 Å². The largest absolute Gasteiger partial charge is 0.325 e. The van der Waals surface area contributed by atoms with E-state index in [1.165, 1.54) is 28.7 Å². The highest BCUT2D eigenvalue weighted by Gasteiger charge is 2.12. The molecule has 0 unspecified atom stereocenters. The minimum absolute atomic E-state index is 0.0552. The van der Waals surface area contributed by atoms with Gasteiger partial charge in [-0.1, -0.05) is 47.2 Å². The van der Waals surface area contributed by atoms with Gasteiger partial charge in [0, 0.05) is 16.9 Å². The van der Waals surface area contributed by atoms with Crippen molar-refractivity contribution in [3.63, 3.8) is 0 Å². The number of hydrogen-bond donors (Lipinski definition) is 2. The molecule has 0 aliphatic rings. The number of benzene rings is 3. The van der Waals surface area contributed by atoms with Crippen LogP contribution in [0.15, 0.2) is 58.9 Å². The van der Waals surface area contributed by atoms with E-state index in [0.29, 0.717) is 5.56 Å². The third kappa shape index (κ3) is 5.61. The van der Waals surface area contributed by atoms with E-state index in [2.05, 4.69) is 27.8 Å². The fraction of sp³-hybridized carbons (Fsp3) is 0.192. The van der Waals surface area contributed by atoms with Gasteiger partial charge in [-0.2, -0.15) is 0 Å². The number of nitrogens with zero attached hydrogens (tertiary/aromatic N) is 1. The van der Waals surface area contributed by atoms with Crippen LogP contribution in [0.25, 0.3) is 10.2 Å². The average Bonchev–Trinajstić information content (AvgIpc) is 3.17. The van der Waals surface area contributed by atoms with Crippen molar-refractivity contribution in [2.45, 2.75) is 32.0 Å². The van der Waals surface area contributed by atoms with E-state index in [1.54, 1.807) is 6.07 Å². The molecule has 4 aromatic rings. The summed E-state index contributed by atoms with van der Waals surface area (Å²) in [6.07, 6.45) is 0. The lowest BCUT2D eigenvalue weighted by Gasteiger charge is -2.12. The van der Waals surface area contributed by atoms with Gasteiger partial charge < -0.3 is 10.6 Å². The Hall–Kier alpha value is -3.16. The number of thiazole rings is 1. The smallest absolute Gasteiger partial charge is 0.255 e. The molecule has 0 bridgehead atoms. The lowest BCUT2D eigenvalue weighted by atomic mass is 10.1. The molecule has 2 N–H and O–H groups in total. The number of carbonyl (C=O) groups is 2. The lowest BCUT2D eigenvalue weighted by molar-refractivity contribution is -0.113. The van der Waals surface area contributed by atoms with Crippen LogP contribution in [0.4, 0.5) is 11.4 Å². The van der Waals surface area contributed by atoms with Crippen LogP contribution >= 0.6 is 23.1 Å². The summed E-state index contributed by atoms with van der Waals surface area (Å²) in [7, 11) is 0. The van der Waals surface area contributed by atoms with E-state index in [9.17, 15) is 9.59 Å². The summed E-state index contributed by atoms with van der Waals surface area (Å²) in [4.78, 5) is 29.7. The van der Waals surface area contributed by atoms with E-state index in [-0.39, 0.29) is 17.6 Å². The monoisotopic (exact) mass is 475 g/mol. The molecule has 1 heterocycles. The summed E-state index contributed by atoms with van der Waals surface area (Å²) in [6.45, 7) is 8.02. The van der Waals surface area contributed by atoms with Crippen LogP contribution < -0.4 is 10.6 Å². The molecule has 0 spiro atoms. The van der Waals surface area contributed by atoms with Crippen LogP contribution in [-0.2, 0) is 4.79 Å². The standard InChI is InChI=1S/C26H25N3O2S2/c1-15-6-5-7-19(12-15)25(31)27-20-8-9-21-22(13-20)33-26(28-21)32-14-23(30)29-24-17(3)10-16(2)11-18(24)4/h5-13H,14H2,1-4H3,(H,27,31)(H,29,30). The summed E-state index contributed by atoms with van der Waals surface area (Å²) in [6, 6.07) is 17.3. The highest BCUT2D eigenvalue weighted by Crippen LogP contribution is 2.32. The Kier molecular flexibility index (Phi) is 6.81. The first-order valence-electron chi connectivity index (χ1n) is 10.6. The number of fused-ring (bicyclic) bond motifs is 1. The maximum absolute atomic E-state index is 12.5. The molecule has 1 aromatic heterocycles. The average molecular weight is 476 g/mol. The topological polar surface area (TPSA) is 71.1 Å². The number of aryl methyl sites for hydroxylation is 4. The fourth-order valence-corrected chi connectivity index (χ4v) is 5.62. The van der Waals surface area contributed by atoms with Gasteiger partial charge in [0.1, 0.15) is 0 Å². The van der Waals surface area contributed by atoms with Gasteiger partial charge in [-0.05, 0) is 69.2 Å². The molecule has 3 aromatic carbocycles. The van der Waals surface area contributed by atoms with Crippen molar-refractivity contribution >= 4 is 56.5 Å². The van der Waals surface area contributed by atoms with Gasteiger partial charge in [-0.25, -0.2) is 4.98 Å². The molecular formula is C26H25N3O2S2. The van der Waals surface area contributed by atoms with Crippen LogP contribution in [0.5, 0.6) is 0 Å². The molecule has 4 rings (SSSR count).